The van der Waals surface area contributed by atoms with Crippen LogP contribution in [0.4, 0.5) is 10.1 Å². The molecule has 136 valence electrons. The number of carbonyl (C=O) groups is 2. The second-order valence-electron chi connectivity index (χ2n) is 7.11. The smallest absolute Gasteiger partial charge is 0.265 e. The van der Waals surface area contributed by atoms with Gasteiger partial charge in [-0.2, -0.15) is 0 Å². The van der Waals surface area contributed by atoms with Crippen molar-refractivity contribution in [2.75, 3.05) is 19.0 Å². The van der Waals surface area contributed by atoms with Gasteiger partial charge in [0.1, 0.15) is 11.4 Å². The summed E-state index contributed by atoms with van der Waals surface area (Å²) in [5.74, 6) is -1.67. The number of halogens is 1. The van der Waals surface area contributed by atoms with Crippen molar-refractivity contribution >= 4 is 46.5 Å². The summed E-state index contributed by atoms with van der Waals surface area (Å²) < 4.78 is 14.7. The van der Waals surface area contributed by atoms with E-state index in [2.05, 4.69) is 25.2 Å². The molecule has 0 unspecified atom stereocenters. The number of fused-ring (bicyclic) bond motifs is 1. The van der Waals surface area contributed by atoms with Crippen molar-refractivity contribution in [2.24, 2.45) is 0 Å². The van der Waals surface area contributed by atoms with Gasteiger partial charge in [0.15, 0.2) is 5.11 Å². The normalized spacial score (nSPS) is 20.9. The molecular weight excluding hydrogens is 353 g/mol. The Morgan fingerprint density at radius 3 is 2.54 bits per heavy atom. The SMILES string of the molecule is CC1=CC(C)(C)N(C)c2cc(F)c(/C=C3/C(=O)NC(=S)N(C)C3=O)cc21. The van der Waals surface area contributed by atoms with Crippen molar-refractivity contribution in [1.29, 1.82) is 0 Å². The minimum atomic E-state index is -0.624. The van der Waals surface area contributed by atoms with Crippen LogP contribution >= 0.6 is 12.2 Å². The number of benzene rings is 1. The molecule has 2 amide bonds. The van der Waals surface area contributed by atoms with Crippen LogP contribution < -0.4 is 10.2 Å². The van der Waals surface area contributed by atoms with Crippen molar-refractivity contribution in [3.63, 3.8) is 0 Å². The van der Waals surface area contributed by atoms with Gasteiger partial charge in [-0.3, -0.25) is 19.8 Å². The van der Waals surface area contributed by atoms with Gasteiger partial charge >= 0.3 is 0 Å². The first-order valence-electron chi connectivity index (χ1n) is 8.15. The highest BCUT2D eigenvalue weighted by atomic mass is 32.1. The number of carbonyl (C=O) groups excluding carboxylic acids is 2. The van der Waals surface area contributed by atoms with Crippen LogP contribution in [0.1, 0.15) is 31.9 Å². The lowest BCUT2D eigenvalue weighted by atomic mass is 9.88. The van der Waals surface area contributed by atoms with Gasteiger partial charge in [-0.1, -0.05) is 6.08 Å². The van der Waals surface area contributed by atoms with Gasteiger partial charge in [-0.05, 0) is 56.8 Å². The Kier molecular flexibility index (Phi) is 4.23. The quantitative estimate of drug-likeness (QED) is 0.467. The van der Waals surface area contributed by atoms with Crippen LogP contribution in [0, 0.1) is 5.82 Å². The van der Waals surface area contributed by atoms with Crippen LogP contribution in [0.2, 0.25) is 0 Å². The van der Waals surface area contributed by atoms with E-state index in [1.165, 1.54) is 19.2 Å². The number of hydrogen-bond acceptors (Lipinski definition) is 4. The van der Waals surface area contributed by atoms with Crippen molar-refractivity contribution in [3.8, 4) is 0 Å². The lowest BCUT2D eigenvalue weighted by molar-refractivity contribution is -0.128. The maximum absolute atomic E-state index is 14.7. The molecular formula is C19H20FN3O2S. The van der Waals surface area contributed by atoms with Crippen LogP contribution in [0.3, 0.4) is 0 Å². The molecule has 1 aromatic rings. The summed E-state index contributed by atoms with van der Waals surface area (Å²) in [7, 11) is 3.37. The summed E-state index contributed by atoms with van der Waals surface area (Å²) in [6.07, 6.45) is 3.38. The third-order valence-corrected chi connectivity index (χ3v) is 5.32. The summed E-state index contributed by atoms with van der Waals surface area (Å²) >= 11 is 4.91. The molecule has 1 fully saturated rings. The zero-order valence-corrected chi connectivity index (χ0v) is 16.1. The van der Waals surface area contributed by atoms with E-state index in [0.717, 1.165) is 21.7 Å². The third kappa shape index (κ3) is 2.82. The number of rotatable bonds is 1. The lowest BCUT2D eigenvalue weighted by Gasteiger charge is -2.40. The fraction of sp³-hybridized carbons (Fsp3) is 0.316. The van der Waals surface area contributed by atoms with Gasteiger partial charge in [0.05, 0.1) is 5.54 Å². The summed E-state index contributed by atoms with van der Waals surface area (Å²) in [5, 5.41) is 2.46. The second kappa shape index (κ2) is 6.02. The van der Waals surface area contributed by atoms with E-state index in [1.807, 2.05) is 18.9 Å². The Hall–Kier alpha value is -2.54. The topological polar surface area (TPSA) is 52.7 Å². The first-order valence-corrected chi connectivity index (χ1v) is 8.56. The zero-order valence-electron chi connectivity index (χ0n) is 15.3. The molecule has 0 bridgehead atoms. The van der Waals surface area contributed by atoms with Crippen molar-refractivity contribution in [2.45, 2.75) is 26.3 Å². The third-order valence-electron chi connectivity index (χ3n) is 4.94. The van der Waals surface area contributed by atoms with Gasteiger partial charge in [-0.15, -0.1) is 0 Å². The molecule has 0 atom stereocenters. The standard InChI is InChI=1S/C19H20FN3O2S/c1-10-9-19(2,3)23(5)15-8-14(20)11(6-12(10)15)7-13-16(24)21-18(26)22(4)17(13)25/h6-9H,1-5H3,(H,21,24,26)/b13-7-. The number of allylic oxidation sites excluding steroid dienone is 1. The van der Waals surface area contributed by atoms with Gasteiger partial charge in [0, 0.05) is 30.9 Å². The predicted molar refractivity (Wildman–Crippen MR) is 104 cm³/mol. The highest BCUT2D eigenvalue weighted by molar-refractivity contribution is 7.80. The molecule has 3 rings (SSSR count). The molecule has 1 saturated heterocycles. The molecule has 1 N–H and O–H groups in total. The van der Waals surface area contributed by atoms with Crippen LogP contribution in [-0.2, 0) is 9.59 Å². The number of thiocarbonyl (C=S) groups is 1. The van der Waals surface area contributed by atoms with E-state index in [9.17, 15) is 14.0 Å². The van der Waals surface area contributed by atoms with E-state index < -0.39 is 17.6 Å². The van der Waals surface area contributed by atoms with Crippen LogP contribution in [0.25, 0.3) is 11.6 Å². The average Bonchev–Trinajstić information content (AvgIpc) is 2.55. The minimum absolute atomic E-state index is 0.0331. The largest absolute Gasteiger partial charge is 0.365 e. The molecule has 2 aliphatic heterocycles. The van der Waals surface area contributed by atoms with Crippen molar-refractivity contribution < 1.29 is 14.0 Å². The molecule has 2 heterocycles. The number of nitrogens with zero attached hydrogens (tertiary/aromatic N) is 2. The highest BCUT2D eigenvalue weighted by Gasteiger charge is 2.32. The zero-order chi connectivity index (χ0) is 19.4. The van der Waals surface area contributed by atoms with Crippen LogP contribution in [0.5, 0.6) is 0 Å². The van der Waals surface area contributed by atoms with Gasteiger partial charge < -0.3 is 4.90 Å². The summed E-state index contributed by atoms with van der Waals surface area (Å²) in [4.78, 5) is 27.6. The first-order chi connectivity index (χ1) is 12.0. The molecule has 26 heavy (non-hydrogen) atoms. The predicted octanol–water partition coefficient (Wildman–Crippen LogP) is 2.71. The molecule has 0 spiro atoms. The van der Waals surface area contributed by atoms with Crippen molar-refractivity contribution in [1.82, 2.24) is 10.2 Å². The van der Waals surface area contributed by atoms with Gasteiger partial charge in [0.2, 0.25) is 0 Å². The summed E-state index contributed by atoms with van der Waals surface area (Å²) in [6.45, 7) is 6.07. The Morgan fingerprint density at radius 2 is 1.88 bits per heavy atom. The maximum atomic E-state index is 14.7. The molecule has 1 aromatic carbocycles. The molecule has 0 aliphatic carbocycles. The first kappa shape index (κ1) is 18.3. The number of anilines is 1. The monoisotopic (exact) mass is 373 g/mol. The van der Waals surface area contributed by atoms with E-state index >= 15 is 0 Å². The van der Waals surface area contributed by atoms with E-state index in [0.29, 0.717) is 0 Å². The summed E-state index contributed by atoms with van der Waals surface area (Å²) in [5.41, 5.74) is 2.46. The van der Waals surface area contributed by atoms with E-state index in [-0.39, 0.29) is 21.8 Å². The second-order valence-corrected chi connectivity index (χ2v) is 7.50. The Labute approximate surface area is 157 Å². The molecule has 5 nitrogen and oxygen atoms in total. The maximum Gasteiger partial charge on any atom is 0.265 e. The van der Waals surface area contributed by atoms with Crippen molar-refractivity contribution in [3.05, 3.63) is 40.7 Å². The van der Waals surface area contributed by atoms with E-state index in [4.69, 9.17) is 12.2 Å². The Morgan fingerprint density at radius 1 is 1.23 bits per heavy atom. The minimum Gasteiger partial charge on any atom is -0.365 e. The number of nitrogens with one attached hydrogen (secondary N) is 1. The lowest BCUT2D eigenvalue weighted by Crippen LogP contribution is -2.52. The molecule has 0 saturated carbocycles. The Balaban J connectivity index is 2.12. The molecule has 0 aromatic heterocycles. The van der Waals surface area contributed by atoms with Gasteiger partial charge in [0.25, 0.3) is 11.8 Å². The number of hydrogen-bond donors (Lipinski definition) is 1. The highest BCUT2D eigenvalue weighted by Crippen LogP contribution is 2.39. The van der Waals surface area contributed by atoms with E-state index in [1.54, 1.807) is 6.07 Å². The molecule has 0 radical (unpaired) electrons. The summed E-state index contributed by atoms with van der Waals surface area (Å²) in [6, 6.07) is 3.11. The Bertz CT molecular complexity index is 918. The molecule has 2 aliphatic rings. The van der Waals surface area contributed by atoms with Crippen LogP contribution in [0.15, 0.2) is 23.8 Å². The average molecular weight is 373 g/mol. The fourth-order valence-corrected chi connectivity index (χ4v) is 3.38. The number of likely N-dealkylation sites (N-methyl/N-ethyl adjacent to an activating group) is 2. The van der Waals surface area contributed by atoms with Crippen LogP contribution in [-0.4, -0.2) is 41.5 Å². The van der Waals surface area contributed by atoms with Gasteiger partial charge in [-0.25, -0.2) is 4.39 Å². The number of amides is 2. The fourth-order valence-electron chi connectivity index (χ4n) is 3.20. The molecule has 7 heteroatoms.